The molecular weight excluding hydrogens is 180 g/mol. The van der Waals surface area contributed by atoms with Crippen molar-refractivity contribution in [3.8, 4) is 0 Å². The minimum atomic E-state index is -0.257. The number of aliphatic hydroxyl groups is 1. The van der Waals surface area contributed by atoms with Gasteiger partial charge in [-0.15, -0.1) is 0 Å². The van der Waals surface area contributed by atoms with Gasteiger partial charge in [-0.05, 0) is 31.6 Å². The second kappa shape index (κ2) is 3.19. The summed E-state index contributed by atoms with van der Waals surface area (Å²) in [5.74, 6) is 0.400. The quantitative estimate of drug-likeness (QED) is 0.675. The van der Waals surface area contributed by atoms with Crippen LogP contribution in [0.2, 0.25) is 0 Å². The molecule has 0 amide bonds. The molecule has 1 heterocycles. The van der Waals surface area contributed by atoms with E-state index >= 15 is 0 Å². The maximum atomic E-state index is 9.85. The van der Waals surface area contributed by atoms with Crippen molar-refractivity contribution in [3.63, 3.8) is 0 Å². The van der Waals surface area contributed by atoms with Crippen LogP contribution in [0.5, 0.6) is 0 Å². The standard InChI is InChI=1S/C11H18O3/c1-6-2-3-7(10(6)12)13-8-4-5-9-11(8)14-9/h6-12H,2-5H2,1H3. The van der Waals surface area contributed by atoms with E-state index in [1.54, 1.807) is 0 Å². The van der Waals surface area contributed by atoms with Crippen molar-refractivity contribution in [2.45, 2.75) is 63.1 Å². The molecule has 3 aliphatic rings. The third-order valence-corrected chi connectivity index (χ3v) is 3.94. The first-order valence-electron chi connectivity index (χ1n) is 5.74. The van der Waals surface area contributed by atoms with Crippen LogP contribution in [0, 0.1) is 5.92 Å². The summed E-state index contributed by atoms with van der Waals surface area (Å²) in [5, 5.41) is 9.85. The molecule has 1 N–H and O–H groups in total. The molecule has 3 fully saturated rings. The molecule has 0 spiro atoms. The minimum Gasteiger partial charge on any atom is -0.390 e. The van der Waals surface area contributed by atoms with Gasteiger partial charge in [0, 0.05) is 0 Å². The number of hydrogen-bond donors (Lipinski definition) is 1. The molecule has 0 aromatic rings. The topological polar surface area (TPSA) is 42.0 Å². The second-order valence-corrected chi connectivity index (χ2v) is 4.97. The lowest BCUT2D eigenvalue weighted by atomic mass is 10.1. The number of hydrogen-bond acceptors (Lipinski definition) is 3. The van der Waals surface area contributed by atoms with Crippen LogP contribution in [0.4, 0.5) is 0 Å². The summed E-state index contributed by atoms with van der Waals surface area (Å²) < 4.78 is 11.4. The molecule has 3 rings (SSSR count). The summed E-state index contributed by atoms with van der Waals surface area (Å²) in [6.45, 7) is 2.10. The fourth-order valence-corrected chi connectivity index (χ4v) is 2.86. The average Bonchev–Trinajstić information content (AvgIpc) is 2.78. The smallest absolute Gasteiger partial charge is 0.110 e. The largest absolute Gasteiger partial charge is 0.390 e. The number of rotatable bonds is 2. The van der Waals surface area contributed by atoms with Crippen LogP contribution in [0.25, 0.3) is 0 Å². The van der Waals surface area contributed by atoms with Gasteiger partial charge in [-0.3, -0.25) is 0 Å². The van der Waals surface area contributed by atoms with Gasteiger partial charge in [-0.1, -0.05) is 6.92 Å². The van der Waals surface area contributed by atoms with Crippen molar-refractivity contribution in [3.05, 3.63) is 0 Å². The molecule has 0 bridgehead atoms. The van der Waals surface area contributed by atoms with Crippen LogP contribution in [0.15, 0.2) is 0 Å². The highest BCUT2D eigenvalue weighted by Crippen LogP contribution is 2.42. The van der Waals surface area contributed by atoms with Crippen molar-refractivity contribution < 1.29 is 14.6 Å². The fraction of sp³-hybridized carbons (Fsp3) is 1.00. The van der Waals surface area contributed by atoms with Gasteiger partial charge >= 0.3 is 0 Å². The molecule has 6 atom stereocenters. The van der Waals surface area contributed by atoms with E-state index in [1.165, 1.54) is 0 Å². The van der Waals surface area contributed by atoms with Gasteiger partial charge in [-0.25, -0.2) is 0 Å². The van der Waals surface area contributed by atoms with Crippen molar-refractivity contribution in [2.75, 3.05) is 0 Å². The highest BCUT2D eigenvalue weighted by Gasteiger charge is 2.52. The van der Waals surface area contributed by atoms with E-state index in [-0.39, 0.29) is 18.3 Å². The Kier molecular flexibility index (Phi) is 2.08. The van der Waals surface area contributed by atoms with Gasteiger partial charge in [0.15, 0.2) is 0 Å². The first kappa shape index (κ1) is 9.13. The fourth-order valence-electron chi connectivity index (χ4n) is 2.86. The molecule has 3 heteroatoms. The van der Waals surface area contributed by atoms with E-state index in [0.29, 0.717) is 18.1 Å². The molecule has 0 aromatic heterocycles. The average molecular weight is 198 g/mol. The Hall–Kier alpha value is -0.120. The lowest BCUT2D eigenvalue weighted by molar-refractivity contribution is -0.0789. The summed E-state index contributed by atoms with van der Waals surface area (Å²) in [6, 6.07) is 0. The summed E-state index contributed by atoms with van der Waals surface area (Å²) in [5.41, 5.74) is 0. The predicted octanol–water partition coefficient (Wildman–Crippen LogP) is 1.09. The van der Waals surface area contributed by atoms with Crippen molar-refractivity contribution in [1.82, 2.24) is 0 Å². The molecule has 14 heavy (non-hydrogen) atoms. The van der Waals surface area contributed by atoms with Crippen molar-refractivity contribution in [1.29, 1.82) is 0 Å². The van der Waals surface area contributed by atoms with Crippen LogP contribution in [0.1, 0.15) is 32.6 Å². The summed E-state index contributed by atoms with van der Waals surface area (Å²) in [4.78, 5) is 0. The molecule has 2 saturated carbocycles. The molecule has 2 aliphatic carbocycles. The highest BCUT2D eigenvalue weighted by atomic mass is 16.6. The second-order valence-electron chi connectivity index (χ2n) is 4.97. The Morgan fingerprint density at radius 1 is 1.14 bits per heavy atom. The third-order valence-electron chi connectivity index (χ3n) is 3.94. The molecule has 80 valence electrons. The van der Waals surface area contributed by atoms with Crippen LogP contribution in [-0.2, 0) is 9.47 Å². The Morgan fingerprint density at radius 3 is 2.43 bits per heavy atom. The number of fused-ring (bicyclic) bond motifs is 1. The van der Waals surface area contributed by atoms with Gasteiger partial charge in [0.2, 0.25) is 0 Å². The van der Waals surface area contributed by atoms with Crippen LogP contribution >= 0.6 is 0 Å². The SMILES string of the molecule is CC1CCC(OC2CCC3OC23)C1O. The summed E-state index contributed by atoms with van der Waals surface area (Å²) in [7, 11) is 0. The molecule has 6 unspecified atom stereocenters. The first-order valence-corrected chi connectivity index (χ1v) is 5.74. The monoisotopic (exact) mass is 198 g/mol. The summed E-state index contributed by atoms with van der Waals surface area (Å²) >= 11 is 0. The van der Waals surface area contributed by atoms with Gasteiger partial charge in [-0.2, -0.15) is 0 Å². The molecule has 0 aromatic carbocycles. The normalized spacial score (nSPS) is 56.1. The van der Waals surface area contributed by atoms with Crippen molar-refractivity contribution in [2.24, 2.45) is 5.92 Å². The van der Waals surface area contributed by atoms with Crippen molar-refractivity contribution >= 4 is 0 Å². The molecule has 3 nitrogen and oxygen atoms in total. The van der Waals surface area contributed by atoms with Gasteiger partial charge in [0.05, 0.1) is 24.4 Å². The maximum Gasteiger partial charge on any atom is 0.110 e. The Morgan fingerprint density at radius 2 is 1.93 bits per heavy atom. The lowest BCUT2D eigenvalue weighted by Gasteiger charge is -2.22. The van der Waals surface area contributed by atoms with Crippen LogP contribution in [0.3, 0.4) is 0 Å². The zero-order valence-corrected chi connectivity index (χ0v) is 8.56. The molecule has 0 radical (unpaired) electrons. The number of epoxide rings is 1. The minimum absolute atomic E-state index is 0.0675. The first-order chi connectivity index (χ1) is 6.75. The molecule has 1 saturated heterocycles. The maximum absolute atomic E-state index is 9.85. The predicted molar refractivity (Wildman–Crippen MR) is 51.0 cm³/mol. The molecule has 1 aliphatic heterocycles. The Labute approximate surface area is 84.4 Å². The van der Waals surface area contributed by atoms with E-state index in [4.69, 9.17) is 9.47 Å². The van der Waals surface area contributed by atoms with Crippen LogP contribution in [-0.4, -0.2) is 35.6 Å². The van der Waals surface area contributed by atoms with E-state index in [1.807, 2.05) is 0 Å². The highest BCUT2D eigenvalue weighted by molar-refractivity contribution is 5.00. The van der Waals surface area contributed by atoms with E-state index in [0.717, 1.165) is 25.7 Å². The Bertz CT molecular complexity index is 231. The zero-order chi connectivity index (χ0) is 9.71. The zero-order valence-electron chi connectivity index (χ0n) is 8.56. The third kappa shape index (κ3) is 1.38. The van der Waals surface area contributed by atoms with E-state index < -0.39 is 0 Å². The van der Waals surface area contributed by atoms with E-state index in [9.17, 15) is 5.11 Å². The van der Waals surface area contributed by atoms with Gasteiger partial charge in [0.25, 0.3) is 0 Å². The number of ether oxygens (including phenoxy) is 2. The van der Waals surface area contributed by atoms with Gasteiger partial charge in [0.1, 0.15) is 6.10 Å². The molecular formula is C11H18O3. The lowest BCUT2D eigenvalue weighted by Crippen LogP contribution is -2.32. The Balaban J connectivity index is 1.57. The number of aliphatic hydroxyl groups excluding tert-OH is 1. The summed E-state index contributed by atoms with van der Waals surface area (Å²) in [6.07, 6.45) is 5.29. The van der Waals surface area contributed by atoms with E-state index in [2.05, 4.69) is 6.92 Å². The van der Waals surface area contributed by atoms with Crippen LogP contribution < -0.4 is 0 Å². The van der Waals surface area contributed by atoms with Gasteiger partial charge < -0.3 is 14.6 Å².